The lowest BCUT2D eigenvalue weighted by Crippen LogP contribution is -2.25. The van der Waals surface area contributed by atoms with Gasteiger partial charge in [-0.2, -0.15) is 9.97 Å². The summed E-state index contributed by atoms with van der Waals surface area (Å²) >= 11 is 2.89. The number of para-hydroxylation sites is 1. The fourth-order valence-electron chi connectivity index (χ4n) is 3.51. The van der Waals surface area contributed by atoms with Crippen molar-refractivity contribution in [3.63, 3.8) is 0 Å². The van der Waals surface area contributed by atoms with E-state index < -0.39 is 0 Å². The normalized spacial score (nSPS) is 12.0. The van der Waals surface area contributed by atoms with Crippen molar-refractivity contribution in [3.05, 3.63) is 58.3 Å². The molecule has 0 fully saturated rings. The van der Waals surface area contributed by atoms with Gasteiger partial charge in [-0.25, -0.2) is 0 Å². The zero-order chi connectivity index (χ0) is 19.0. The number of aromatic nitrogens is 4. The Morgan fingerprint density at radius 2 is 1.68 bits per heavy atom. The van der Waals surface area contributed by atoms with Crippen LogP contribution in [0.5, 0.6) is 5.75 Å². The van der Waals surface area contributed by atoms with Gasteiger partial charge >= 0.3 is 0 Å². The first-order chi connectivity index (χ1) is 13.7. The van der Waals surface area contributed by atoms with Crippen molar-refractivity contribution >= 4 is 64.1 Å². The molecule has 0 amide bonds. The summed E-state index contributed by atoms with van der Waals surface area (Å²) in [6.45, 7) is 0. The Bertz CT molecular complexity index is 1710. The zero-order valence-corrected chi connectivity index (χ0v) is 16.1. The topological polar surface area (TPSA) is 84.8 Å². The second kappa shape index (κ2) is 5.37. The van der Waals surface area contributed by atoms with E-state index >= 15 is 0 Å². The van der Waals surface area contributed by atoms with E-state index in [1.807, 2.05) is 42.5 Å². The van der Waals surface area contributed by atoms with Crippen LogP contribution in [0.1, 0.15) is 0 Å². The molecule has 6 rings (SSSR count). The molecule has 0 aliphatic rings. The highest BCUT2D eigenvalue weighted by Crippen LogP contribution is 2.29. The molecule has 7 nitrogen and oxygen atoms in total. The number of methoxy groups -OCH3 is 1. The van der Waals surface area contributed by atoms with Gasteiger partial charge in [0, 0.05) is 0 Å². The lowest BCUT2D eigenvalue weighted by atomic mass is 10.3. The highest BCUT2D eigenvalue weighted by molar-refractivity contribution is 7.24. The van der Waals surface area contributed by atoms with Gasteiger partial charge in [0.25, 0.3) is 5.56 Å². The summed E-state index contributed by atoms with van der Waals surface area (Å²) in [5, 5.41) is 8.97. The smallest absolute Gasteiger partial charge is 0.272 e. The van der Waals surface area contributed by atoms with Gasteiger partial charge < -0.3 is 4.74 Å². The SMILES string of the molecule is COc1ccc2c(c1)sc1nc3nc4sc5ccccc5n4c(=O)c3c(=N)n12. The molecule has 1 N–H and O–H groups in total. The van der Waals surface area contributed by atoms with E-state index in [9.17, 15) is 4.79 Å². The van der Waals surface area contributed by atoms with Crippen LogP contribution in [0.2, 0.25) is 0 Å². The summed E-state index contributed by atoms with van der Waals surface area (Å²) in [4.78, 5) is 23.8. The number of hydrogen-bond donors (Lipinski definition) is 1. The van der Waals surface area contributed by atoms with Gasteiger partial charge in [0.1, 0.15) is 16.6 Å². The standard InChI is InChI=1S/C19H11N5O2S2/c1-26-9-6-7-11-13(8-9)28-18-21-16-14(15(20)23(11)18)17(25)24-10-4-2-3-5-12(10)27-19(24)22-16/h2-8,20H,1H3. The van der Waals surface area contributed by atoms with Crippen LogP contribution in [-0.2, 0) is 0 Å². The molecule has 0 aliphatic carbocycles. The first-order valence-corrected chi connectivity index (χ1v) is 10.1. The van der Waals surface area contributed by atoms with Crippen LogP contribution in [0.3, 0.4) is 0 Å². The summed E-state index contributed by atoms with van der Waals surface area (Å²) in [6.07, 6.45) is 0. The maximum absolute atomic E-state index is 13.3. The molecule has 2 aromatic carbocycles. The van der Waals surface area contributed by atoms with Gasteiger partial charge in [0.05, 0.1) is 27.5 Å². The highest BCUT2D eigenvalue weighted by Gasteiger charge is 2.17. The fourth-order valence-corrected chi connectivity index (χ4v) is 5.57. The maximum Gasteiger partial charge on any atom is 0.272 e. The molecule has 4 heterocycles. The summed E-state index contributed by atoms with van der Waals surface area (Å²) in [7, 11) is 1.62. The predicted octanol–water partition coefficient (Wildman–Crippen LogP) is 3.41. The summed E-state index contributed by atoms with van der Waals surface area (Å²) < 4.78 is 10.5. The van der Waals surface area contributed by atoms with Gasteiger partial charge in [-0.1, -0.05) is 34.8 Å². The van der Waals surface area contributed by atoms with Crippen molar-refractivity contribution in [2.75, 3.05) is 7.11 Å². The molecule has 9 heteroatoms. The number of benzene rings is 2. The molecule has 0 saturated carbocycles. The quantitative estimate of drug-likeness (QED) is 0.454. The minimum atomic E-state index is -0.266. The molecule has 6 aromatic rings. The van der Waals surface area contributed by atoms with E-state index in [4.69, 9.17) is 10.1 Å². The minimum Gasteiger partial charge on any atom is -0.497 e. The third-order valence-electron chi connectivity index (χ3n) is 4.80. The number of rotatable bonds is 1. The van der Waals surface area contributed by atoms with Gasteiger partial charge in [-0.15, -0.1) is 0 Å². The second-order valence-electron chi connectivity index (χ2n) is 6.32. The molecular weight excluding hydrogens is 394 g/mol. The van der Waals surface area contributed by atoms with Gasteiger partial charge in [0.2, 0.25) is 0 Å². The fraction of sp³-hybridized carbons (Fsp3) is 0.0526. The Balaban J connectivity index is 1.85. The van der Waals surface area contributed by atoms with Crippen LogP contribution in [0, 0.1) is 5.41 Å². The Morgan fingerprint density at radius 3 is 2.50 bits per heavy atom. The van der Waals surface area contributed by atoms with Crippen molar-refractivity contribution in [3.8, 4) is 5.75 Å². The van der Waals surface area contributed by atoms with Crippen LogP contribution in [0.4, 0.5) is 0 Å². The Labute approximate surface area is 164 Å². The maximum atomic E-state index is 13.3. The van der Waals surface area contributed by atoms with Gasteiger partial charge in [-0.05, 0) is 30.3 Å². The van der Waals surface area contributed by atoms with Crippen molar-refractivity contribution in [2.24, 2.45) is 0 Å². The number of hydrogen-bond acceptors (Lipinski definition) is 7. The second-order valence-corrected chi connectivity index (χ2v) is 8.34. The van der Waals surface area contributed by atoms with Crippen molar-refractivity contribution < 1.29 is 4.74 Å². The lowest BCUT2D eigenvalue weighted by Gasteiger charge is -2.02. The third-order valence-corrected chi connectivity index (χ3v) is 6.83. The van der Waals surface area contributed by atoms with E-state index in [1.54, 1.807) is 15.9 Å². The van der Waals surface area contributed by atoms with Crippen LogP contribution in [-0.4, -0.2) is 25.9 Å². The van der Waals surface area contributed by atoms with Crippen LogP contribution in [0.15, 0.2) is 47.3 Å². The molecule has 0 unspecified atom stereocenters. The number of nitrogens with one attached hydrogen (secondary N) is 1. The third kappa shape index (κ3) is 1.92. The van der Waals surface area contributed by atoms with E-state index in [2.05, 4.69) is 9.97 Å². The molecule has 0 spiro atoms. The van der Waals surface area contributed by atoms with E-state index in [1.165, 1.54) is 22.7 Å². The zero-order valence-electron chi connectivity index (χ0n) is 14.5. The molecule has 4 aromatic heterocycles. The average molecular weight is 405 g/mol. The number of ether oxygens (including phenoxy) is 1. The average Bonchev–Trinajstić information content (AvgIpc) is 3.24. The van der Waals surface area contributed by atoms with Crippen LogP contribution < -0.4 is 15.8 Å². The van der Waals surface area contributed by atoms with E-state index in [-0.39, 0.29) is 16.4 Å². The lowest BCUT2D eigenvalue weighted by molar-refractivity contribution is 0.415. The largest absolute Gasteiger partial charge is 0.497 e. The predicted molar refractivity (Wildman–Crippen MR) is 111 cm³/mol. The first kappa shape index (κ1) is 15.7. The number of nitrogens with zero attached hydrogens (tertiary/aromatic N) is 4. The Hall–Kier alpha value is -3.30. The van der Waals surface area contributed by atoms with E-state index in [0.29, 0.717) is 15.6 Å². The molecule has 0 saturated heterocycles. The molecule has 0 aliphatic heterocycles. The van der Waals surface area contributed by atoms with E-state index in [0.717, 1.165) is 26.2 Å². The molecule has 0 atom stereocenters. The number of fused-ring (bicyclic) bond motifs is 7. The molecule has 136 valence electrons. The molecule has 0 bridgehead atoms. The van der Waals surface area contributed by atoms with Crippen molar-refractivity contribution in [1.82, 2.24) is 18.8 Å². The Kier molecular flexibility index (Phi) is 3.01. The number of thiazole rings is 2. The highest BCUT2D eigenvalue weighted by atomic mass is 32.1. The minimum absolute atomic E-state index is 0.0959. The monoisotopic (exact) mass is 405 g/mol. The molecular formula is C19H11N5O2S2. The first-order valence-electron chi connectivity index (χ1n) is 8.43. The van der Waals surface area contributed by atoms with Gasteiger partial charge in [0.15, 0.2) is 15.6 Å². The van der Waals surface area contributed by atoms with Crippen LogP contribution >= 0.6 is 22.7 Å². The van der Waals surface area contributed by atoms with Crippen molar-refractivity contribution in [1.29, 1.82) is 5.41 Å². The van der Waals surface area contributed by atoms with Crippen LogP contribution in [0.25, 0.3) is 41.4 Å². The summed E-state index contributed by atoms with van der Waals surface area (Å²) in [5.41, 5.74) is 1.75. The summed E-state index contributed by atoms with van der Waals surface area (Å²) in [5.74, 6) is 0.737. The van der Waals surface area contributed by atoms with Gasteiger partial charge in [-0.3, -0.25) is 19.0 Å². The Morgan fingerprint density at radius 1 is 0.964 bits per heavy atom. The molecule has 0 radical (unpaired) electrons. The van der Waals surface area contributed by atoms with Crippen molar-refractivity contribution in [2.45, 2.75) is 0 Å². The molecule has 28 heavy (non-hydrogen) atoms. The summed E-state index contributed by atoms with van der Waals surface area (Å²) in [6, 6.07) is 13.3.